The monoisotopic (exact) mass is 461 g/mol. The topological polar surface area (TPSA) is 74.3 Å². The lowest BCUT2D eigenvalue weighted by atomic mass is 9.96. The minimum Gasteiger partial charge on any atom is -0.497 e. The van der Waals surface area contributed by atoms with Gasteiger partial charge in [0.15, 0.2) is 0 Å². The van der Waals surface area contributed by atoms with Crippen LogP contribution in [0.15, 0.2) is 66.7 Å². The van der Waals surface area contributed by atoms with Gasteiger partial charge in [0, 0.05) is 24.6 Å². The fraction of sp³-hybridized carbons (Fsp3) is 0.259. The van der Waals surface area contributed by atoms with Crippen molar-refractivity contribution >= 4 is 17.6 Å². The lowest BCUT2D eigenvalue weighted by Gasteiger charge is -2.18. The molecule has 34 heavy (non-hydrogen) atoms. The third-order valence-corrected chi connectivity index (χ3v) is 5.94. The maximum Gasteiger partial charge on any atom is 0.341 e. The van der Waals surface area contributed by atoms with Crippen LogP contribution in [-0.2, 0) is 16.1 Å². The molecule has 7 heteroatoms. The zero-order chi connectivity index (χ0) is 24.1. The average Bonchev–Trinajstić information content (AvgIpc) is 3.28. The van der Waals surface area contributed by atoms with Crippen LogP contribution in [0.5, 0.6) is 17.2 Å². The van der Waals surface area contributed by atoms with Crippen molar-refractivity contribution in [1.82, 2.24) is 0 Å². The SMILES string of the molecule is COC(=O)c1ccc(C2CC(=O)N(c3ccc(OCc4ccc(OC)cc4)cc3)C2)cc1OC. The second-order valence-corrected chi connectivity index (χ2v) is 7.99. The molecule has 1 aliphatic heterocycles. The third kappa shape index (κ3) is 4.98. The zero-order valence-corrected chi connectivity index (χ0v) is 19.4. The van der Waals surface area contributed by atoms with Gasteiger partial charge in [0.1, 0.15) is 29.4 Å². The molecule has 1 amide bonds. The van der Waals surface area contributed by atoms with E-state index in [-0.39, 0.29) is 11.8 Å². The van der Waals surface area contributed by atoms with E-state index in [2.05, 4.69) is 0 Å². The van der Waals surface area contributed by atoms with Crippen molar-refractivity contribution in [1.29, 1.82) is 0 Å². The molecule has 1 saturated heterocycles. The summed E-state index contributed by atoms with van der Waals surface area (Å²) in [5.74, 6) is 1.56. The number of rotatable bonds is 8. The predicted octanol–water partition coefficient (Wildman–Crippen LogP) is 4.59. The van der Waals surface area contributed by atoms with Crippen LogP contribution in [-0.4, -0.2) is 39.8 Å². The number of carbonyl (C=O) groups excluding carboxylic acids is 2. The molecule has 1 fully saturated rings. The van der Waals surface area contributed by atoms with E-state index in [1.807, 2.05) is 60.7 Å². The second kappa shape index (κ2) is 10.3. The summed E-state index contributed by atoms with van der Waals surface area (Å²) < 4.78 is 21.2. The Morgan fingerprint density at radius 1 is 0.912 bits per heavy atom. The first-order valence-corrected chi connectivity index (χ1v) is 10.9. The number of benzene rings is 3. The summed E-state index contributed by atoms with van der Waals surface area (Å²) in [6.45, 7) is 0.989. The van der Waals surface area contributed by atoms with Gasteiger partial charge in [-0.25, -0.2) is 4.79 Å². The number of hydrogen-bond donors (Lipinski definition) is 0. The number of ether oxygens (including phenoxy) is 4. The van der Waals surface area contributed by atoms with Crippen LogP contribution in [0.2, 0.25) is 0 Å². The molecule has 0 bridgehead atoms. The molecule has 1 heterocycles. The summed E-state index contributed by atoms with van der Waals surface area (Å²) in [6, 6.07) is 20.6. The standard InChI is InChI=1S/C27H27NO6/c1-31-22-9-4-18(5-10-22)17-34-23-11-7-21(8-12-23)28-16-20(15-26(28)29)19-6-13-24(27(30)33-3)25(14-19)32-2/h4-14,20H,15-17H2,1-3H3. The minimum absolute atomic E-state index is 0.000838. The van der Waals surface area contributed by atoms with Crippen LogP contribution in [0.1, 0.15) is 33.8 Å². The molecule has 0 aliphatic carbocycles. The van der Waals surface area contributed by atoms with Crippen molar-refractivity contribution in [3.8, 4) is 17.2 Å². The molecule has 0 radical (unpaired) electrons. The number of methoxy groups -OCH3 is 3. The van der Waals surface area contributed by atoms with E-state index in [0.29, 0.717) is 30.9 Å². The molecular weight excluding hydrogens is 434 g/mol. The lowest BCUT2D eigenvalue weighted by Crippen LogP contribution is -2.24. The molecular formula is C27H27NO6. The Hall–Kier alpha value is -4.00. The van der Waals surface area contributed by atoms with Gasteiger partial charge in [-0.15, -0.1) is 0 Å². The summed E-state index contributed by atoms with van der Waals surface area (Å²) in [5.41, 5.74) is 3.17. The minimum atomic E-state index is -0.457. The maximum absolute atomic E-state index is 12.8. The first-order valence-electron chi connectivity index (χ1n) is 10.9. The van der Waals surface area contributed by atoms with Crippen molar-refractivity contribution in [2.24, 2.45) is 0 Å². The van der Waals surface area contributed by atoms with Crippen LogP contribution in [0, 0.1) is 0 Å². The highest BCUT2D eigenvalue weighted by Gasteiger charge is 2.32. The Kier molecular flexibility index (Phi) is 7.01. The largest absolute Gasteiger partial charge is 0.497 e. The Morgan fingerprint density at radius 3 is 2.26 bits per heavy atom. The van der Waals surface area contributed by atoms with Crippen molar-refractivity contribution < 1.29 is 28.5 Å². The summed E-state index contributed by atoms with van der Waals surface area (Å²) in [4.78, 5) is 26.5. The number of hydrogen-bond acceptors (Lipinski definition) is 6. The quantitative estimate of drug-likeness (QED) is 0.457. The first-order chi connectivity index (χ1) is 16.5. The summed E-state index contributed by atoms with van der Waals surface area (Å²) >= 11 is 0. The van der Waals surface area contributed by atoms with Gasteiger partial charge in [-0.05, 0) is 59.7 Å². The number of anilines is 1. The van der Waals surface area contributed by atoms with E-state index in [9.17, 15) is 9.59 Å². The van der Waals surface area contributed by atoms with E-state index >= 15 is 0 Å². The van der Waals surface area contributed by atoms with Gasteiger partial charge in [0.25, 0.3) is 0 Å². The zero-order valence-electron chi connectivity index (χ0n) is 19.4. The Balaban J connectivity index is 1.41. The summed E-state index contributed by atoms with van der Waals surface area (Å²) in [5, 5.41) is 0. The normalized spacial score (nSPS) is 15.2. The highest BCUT2D eigenvalue weighted by atomic mass is 16.5. The molecule has 3 aromatic carbocycles. The van der Waals surface area contributed by atoms with Gasteiger partial charge in [-0.1, -0.05) is 18.2 Å². The molecule has 0 saturated carbocycles. The smallest absolute Gasteiger partial charge is 0.341 e. The molecule has 1 aliphatic rings. The van der Waals surface area contributed by atoms with Gasteiger partial charge < -0.3 is 23.8 Å². The van der Waals surface area contributed by atoms with Crippen LogP contribution in [0.4, 0.5) is 5.69 Å². The van der Waals surface area contributed by atoms with Crippen LogP contribution in [0.3, 0.4) is 0 Å². The number of carbonyl (C=O) groups is 2. The molecule has 1 unspecified atom stereocenters. The molecule has 0 N–H and O–H groups in total. The van der Waals surface area contributed by atoms with Gasteiger partial charge in [0.2, 0.25) is 5.91 Å². The summed E-state index contributed by atoms with van der Waals surface area (Å²) in [6.07, 6.45) is 0.385. The van der Waals surface area contributed by atoms with Gasteiger partial charge >= 0.3 is 5.97 Å². The molecule has 3 aromatic rings. The Morgan fingerprint density at radius 2 is 1.62 bits per heavy atom. The fourth-order valence-electron chi connectivity index (χ4n) is 4.03. The third-order valence-electron chi connectivity index (χ3n) is 5.94. The maximum atomic E-state index is 12.8. The van der Waals surface area contributed by atoms with E-state index in [0.717, 1.165) is 28.3 Å². The molecule has 4 rings (SSSR count). The Bertz CT molecular complexity index is 1160. The van der Waals surface area contributed by atoms with Crippen molar-refractivity contribution in [3.63, 3.8) is 0 Å². The van der Waals surface area contributed by atoms with E-state index in [4.69, 9.17) is 18.9 Å². The number of esters is 1. The van der Waals surface area contributed by atoms with Crippen LogP contribution < -0.4 is 19.1 Å². The van der Waals surface area contributed by atoms with E-state index < -0.39 is 5.97 Å². The first kappa shape index (κ1) is 23.2. The van der Waals surface area contributed by atoms with Gasteiger partial charge in [-0.2, -0.15) is 0 Å². The summed E-state index contributed by atoms with van der Waals surface area (Å²) in [7, 11) is 4.48. The number of nitrogens with zero attached hydrogens (tertiary/aromatic N) is 1. The Labute approximate surface area is 198 Å². The highest BCUT2D eigenvalue weighted by molar-refractivity contribution is 5.97. The fourth-order valence-corrected chi connectivity index (χ4v) is 4.03. The van der Waals surface area contributed by atoms with Crippen molar-refractivity contribution in [3.05, 3.63) is 83.4 Å². The lowest BCUT2D eigenvalue weighted by molar-refractivity contribution is -0.117. The van der Waals surface area contributed by atoms with Crippen molar-refractivity contribution in [2.45, 2.75) is 18.9 Å². The molecule has 1 atom stereocenters. The van der Waals surface area contributed by atoms with Crippen molar-refractivity contribution in [2.75, 3.05) is 32.8 Å². The molecule has 0 spiro atoms. The number of amides is 1. The van der Waals surface area contributed by atoms with E-state index in [1.54, 1.807) is 18.1 Å². The average molecular weight is 462 g/mol. The molecule has 7 nitrogen and oxygen atoms in total. The molecule has 0 aromatic heterocycles. The van der Waals surface area contributed by atoms with Gasteiger partial charge in [-0.3, -0.25) is 4.79 Å². The van der Waals surface area contributed by atoms with Gasteiger partial charge in [0.05, 0.1) is 21.3 Å². The van der Waals surface area contributed by atoms with E-state index in [1.165, 1.54) is 14.2 Å². The van der Waals surface area contributed by atoms with Crippen LogP contribution >= 0.6 is 0 Å². The predicted molar refractivity (Wildman–Crippen MR) is 128 cm³/mol. The highest BCUT2D eigenvalue weighted by Crippen LogP contribution is 2.35. The molecule has 176 valence electrons. The second-order valence-electron chi connectivity index (χ2n) is 7.99. The van der Waals surface area contributed by atoms with Crippen LogP contribution in [0.25, 0.3) is 0 Å².